The largest absolute Gasteiger partial charge is 0.493 e. The fraction of sp³-hybridized carbons (Fsp3) is 0.0909. The van der Waals surface area contributed by atoms with Crippen molar-refractivity contribution in [1.82, 2.24) is 0 Å². The van der Waals surface area contributed by atoms with Crippen molar-refractivity contribution in [2.75, 3.05) is 7.11 Å². The van der Waals surface area contributed by atoms with E-state index < -0.39 is 12.6 Å². The Balaban J connectivity index is 1.65. The number of halogens is 2. The number of hydrogen-bond acceptors (Lipinski definition) is 5. The first-order chi connectivity index (χ1) is 14.0. The summed E-state index contributed by atoms with van der Waals surface area (Å²) in [5.41, 5.74) is 1.35. The van der Waals surface area contributed by atoms with Crippen molar-refractivity contribution in [3.05, 3.63) is 77.5 Å². The molecule has 0 saturated carbocycles. The van der Waals surface area contributed by atoms with Crippen molar-refractivity contribution >= 4 is 28.7 Å². The van der Waals surface area contributed by atoms with Crippen molar-refractivity contribution in [2.24, 2.45) is 4.99 Å². The zero-order chi connectivity index (χ0) is 20.4. The van der Waals surface area contributed by atoms with Crippen LogP contribution < -0.4 is 9.47 Å². The molecule has 7 heteroatoms. The Morgan fingerprint density at radius 3 is 2.55 bits per heavy atom. The number of rotatable bonds is 5. The lowest BCUT2D eigenvalue weighted by molar-refractivity contribution is -0.129. The normalized spacial score (nSPS) is 15.0. The molecule has 0 fully saturated rings. The molecular weight excluding hydrogens is 380 g/mol. The van der Waals surface area contributed by atoms with Crippen LogP contribution in [-0.2, 0) is 9.53 Å². The van der Waals surface area contributed by atoms with Gasteiger partial charge in [-0.25, -0.2) is 9.79 Å². The predicted molar refractivity (Wildman–Crippen MR) is 104 cm³/mol. The van der Waals surface area contributed by atoms with Crippen molar-refractivity contribution < 1.29 is 27.8 Å². The molecule has 1 aliphatic rings. The van der Waals surface area contributed by atoms with E-state index in [1.54, 1.807) is 6.08 Å². The molecule has 0 N–H and O–H groups in total. The first-order valence-corrected chi connectivity index (χ1v) is 8.68. The Kier molecular flexibility index (Phi) is 4.95. The molecule has 0 bridgehead atoms. The lowest BCUT2D eigenvalue weighted by Crippen LogP contribution is -2.07. The molecular formula is C22H15F2NO4. The highest BCUT2D eigenvalue weighted by atomic mass is 19.3. The molecule has 0 radical (unpaired) electrons. The zero-order valence-electron chi connectivity index (χ0n) is 15.3. The van der Waals surface area contributed by atoms with Gasteiger partial charge in [0.05, 0.1) is 7.11 Å². The van der Waals surface area contributed by atoms with Gasteiger partial charge in [0.15, 0.2) is 17.2 Å². The number of fused-ring (bicyclic) bond motifs is 1. The monoisotopic (exact) mass is 395 g/mol. The number of methoxy groups -OCH3 is 1. The highest BCUT2D eigenvalue weighted by Gasteiger charge is 2.25. The molecule has 0 atom stereocenters. The maximum absolute atomic E-state index is 12.5. The summed E-state index contributed by atoms with van der Waals surface area (Å²) in [6, 6.07) is 17.9. The van der Waals surface area contributed by atoms with E-state index >= 15 is 0 Å². The van der Waals surface area contributed by atoms with Gasteiger partial charge in [-0.15, -0.1) is 0 Å². The third-order valence-corrected chi connectivity index (χ3v) is 4.32. The van der Waals surface area contributed by atoms with E-state index in [1.165, 1.54) is 25.3 Å². The Morgan fingerprint density at radius 1 is 1.00 bits per heavy atom. The van der Waals surface area contributed by atoms with Gasteiger partial charge >= 0.3 is 12.6 Å². The van der Waals surface area contributed by atoms with Crippen LogP contribution in [0.15, 0.2) is 71.4 Å². The van der Waals surface area contributed by atoms with E-state index in [2.05, 4.69) is 9.73 Å². The first kappa shape index (κ1) is 18.6. The molecule has 146 valence electrons. The molecule has 3 aromatic carbocycles. The molecule has 0 spiro atoms. The topological polar surface area (TPSA) is 57.1 Å². The van der Waals surface area contributed by atoms with E-state index in [0.29, 0.717) is 5.56 Å². The summed E-state index contributed by atoms with van der Waals surface area (Å²) in [5, 5.41) is 2.13. The second kappa shape index (κ2) is 7.71. The van der Waals surface area contributed by atoms with Crippen LogP contribution in [0.4, 0.5) is 8.78 Å². The summed E-state index contributed by atoms with van der Waals surface area (Å²) in [5.74, 6) is -0.583. The van der Waals surface area contributed by atoms with Crippen LogP contribution in [-0.4, -0.2) is 25.6 Å². The number of hydrogen-bond donors (Lipinski definition) is 0. The molecule has 29 heavy (non-hydrogen) atoms. The predicted octanol–water partition coefficient (Wildman–Crippen LogP) is 4.79. The third kappa shape index (κ3) is 3.94. The van der Waals surface area contributed by atoms with Gasteiger partial charge in [0.2, 0.25) is 5.90 Å². The Hall–Kier alpha value is -3.74. The van der Waals surface area contributed by atoms with E-state index in [4.69, 9.17) is 9.47 Å². The molecule has 0 saturated heterocycles. The fourth-order valence-electron chi connectivity index (χ4n) is 2.98. The molecule has 0 aliphatic carbocycles. The lowest BCUT2D eigenvalue weighted by atomic mass is 10.1. The van der Waals surface area contributed by atoms with Gasteiger partial charge in [0, 0.05) is 5.56 Å². The average Bonchev–Trinajstić information content (AvgIpc) is 3.08. The fourth-order valence-corrected chi connectivity index (χ4v) is 2.98. The Labute approximate surface area is 164 Å². The van der Waals surface area contributed by atoms with E-state index in [1.807, 2.05) is 42.5 Å². The first-order valence-electron chi connectivity index (χ1n) is 8.68. The van der Waals surface area contributed by atoms with E-state index in [9.17, 15) is 13.6 Å². The van der Waals surface area contributed by atoms with Crippen LogP contribution in [0.1, 0.15) is 11.1 Å². The summed E-state index contributed by atoms with van der Waals surface area (Å²) in [7, 11) is 1.32. The van der Waals surface area contributed by atoms with Crippen molar-refractivity contribution in [3.8, 4) is 11.5 Å². The smallest absolute Gasteiger partial charge is 0.387 e. The minimum Gasteiger partial charge on any atom is -0.493 e. The summed E-state index contributed by atoms with van der Waals surface area (Å²) in [6.45, 7) is -2.98. The number of alkyl halides is 2. The van der Waals surface area contributed by atoms with E-state index in [0.717, 1.165) is 16.3 Å². The van der Waals surface area contributed by atoms with Gasteiger partial charge in [-0.2, -0.15) is 8.78 Å². The second-order valence-corrected chi connectivity index (χ2v) is 6.19. The lowest BCUT2D eigenvalue weighted by Gasteiger charge is -2.10. The summed E-state index contributed by atoms with van der Waals surface area (Å²) in [6.07, 6.45) is 1.63. The molecule has 3 aromatic rings. The van der Waals surface area contributed by atoms with Gasteiger partial charge in [-0.3, -0.25) is 0 Å². The summed E-state index contributed by atoms with van der Waals surface area (Å²) >= 11 is 0. The average molecular weight is 395 g/mol. The zero-order valence-corrected chi connectivity index (χ0v) is 15.3. The molecule has 0 aromatic heterocycles. The number of carbonyl (C=O) groups is 1. The van der Waals surface area contributed by atoms with Gasteiger partial charge in [-0.1, -0.05) is 36.4 Å². The van der Waals surface area contributed by atoms with Gasteiger partial charge in [0.1, 0.15) is 0 Å². The van der Waals surface area contributed by atoms with Gasteiger partial charge in [-0.05, 0) is 46.7 Å². The molecule has 4 rings (SSSR count). The maximum Gasteiger partial charge on any atom is 0.387 e. The minimum atomic E-state index is -2.98. The number of cyclic esters (lactones) is 1. The number of carbonyl (C=O) groups excluding carboxylic acids is 1. The number of ether oxygens (including phenoxy) is 3. The molecule has 1 heterocycles. The van der Waals surface area contributed by atoms with Crippen LogP contribution in [0.2, 0.25) is 0 Å². The Morgan fingerprint density at radius 2 is 1.79 bits per heavy atom. The number of aliphatic imine (C=N–C) groups is 1. The Bertz CT molecular complexity index is 1150. The molecule has 1 aliphatic heterocycles. The van der Waals surface area contributed by atoms with Crippen LogP contribution in [0, 0.1) is 0 Å². The number of nitrogens with zero attached hydrogens (tertiary/aromatic N) is 1. The van der Waals surface area contributed by atoms with Crippen LogP contribution in [0.3, 0.4) is 0 Å². The van der Waals surface area contributed by atoms with Crippen LogP contribution >= 0.6 is 0 Å². The molecule has 0 amide bonds. The maximum atomic E-state index is 12.5. The van der Waals surface area contributed by atoms with Crippen LogP contribution in [0.25, 0.3) is 16.8 Å². The van der Waals surface area contributed by atoms with Crippen LogP contribution in [0.5, 0.6) is 11.5 Å². The highest BCUT2D eigenvalue weighted by molar-refractivity contribution is 6.13. The molecule has 5 nitrogen and oxygen atoms in total. The van der Waals surface area contributed by atoms with Gasteiger partial charge in [0.25, 0.3) is 0 Å². The molecule has 0 unspecified atom stereocenters. The summed E-state index contributed by atoms with van der Waals surface area (Å²) in [4.78, 5) is 16.5. The summed E-state index contributed by atoms with van der Waals surface area (Å²) < 4.78 is 39.6. The number of benzene rings is 3. The quantitative estimate of drug-likeness (QED) is 0.460. The van der Waals surface area contributed by atoms with Gasteiger partial charge < -0.3 is 14.2 Å². The number of esters is 1. The standard InChI is InChI=1S/C22H15F2NO4/c1-27-19-12-16(8-9-18(19)28-22(23)24)20-25-17(21(26)29-20)11-13-6-7-14-4-2-3-5-15(14)10-13/h2-12,22H,1H3/b17-11-. The van der Waals surface area contributed by atoms with E-state index in [-0.39, 0.29) is 23.1 Å². The van der Waals surface area contributed by atoms with Crippen molar-refractivity contribution in [2.45, 2.75) is 6.61 Å². The minimum absolute atomic E-state index is 0.0592. The SMILES string of the molecule is COc1cc(C2=N/C(=C\c3ccc4ccccc4c3)C(=O)O2)ccc1OC(F)F. The van der Waals surface area contributed by atoms with Crippen molar-refractivity contribution in [1.29, 1.82) is 0 Å². The highest BCUT2D eigenvalue weighted by Crippen LogP contribution is 2.31. The van der Waals surface area contributed by atoms with Crippen molar-refractivity contribution in [3.63, 3.8) is 0 Å². The third-order valence-electron chi connectivity index (χ3n) is 4.32. The second-order valence-electron chi connectivity index (χ2n) is 6.19.